The van der Waals surface area contributed by atoms with Crippen molar-refractivity contribution in [3.63, 3.8) is 0 Å². The molecule has 0 aromatic carbocycles. The summed E-state index contributed by atoms with van der Waals surface area (Å²) in [4.78, 5) is 0. The van der Waals surface area contributed by atoms with Crippen LogP contribution in [0.3, 0.4) is 0 Å². The first-order valence-corrected chi connectivity index (χ1v) is 13.3. The second-order valence-electron chi connectivity index (χ2n) is 6.56. The van der Waals surface area contributed by atoms with Crippen LogP contribution in [0, 0.1) is 0 Å². The van der Waals surface area contributed by atoms with E-state index in [0.717, 1.165) is 6.04 Å². The molecule has 0 aliphatic heterocycles. The van der Waals surface area contributed by atoms with Crippen LogP contribution in [0.25, 0.3) is 0 Å². The van der Waals surface area contributed by atoms with Crippen LogP contribution in [0.15, 0.2) is 12.3 Å². The first-order chi connectivity index (χ1) is 7.14. The highest BCUT2D eigenvalue weighted by Gasteiger charge is 2.29. The summed E-state index contributed by atoms with van der Waals surface area (Å²) in [6.45, 7) is 22.2. The largest absolute Gasteiger partial charge is 0.322 e. The summed E-state index contributed by atoms with van der Waals surface area (Å²) >= 11 is 0. The zero-order chi connectivity index (χ0) is 13.0. The molecule has 0 aliphatic carbocycles. The molecule has 0 aliphatic rings. The van der Waals surface area contributed by atoms with E-state index in [0.29, 0.717) is 0 Å². The van der Waals surface area contributed by atoms with Gasteiger partial charge in [-0.25, -0.2) is 0 Å². The minimum absolute atomic E-state index is 0.737. The lowest BCUT2D eigenvalue weighted by molar-refractivity contribution is 0.340. The minimum atomic E-state index is -1.16. The molecular formula is C13H31NSi2. The molecule has 0 heterocycles. The van der Waals surface area contributed by atoms with Crippen LogP contribution in [0.2, 0.25) is 38.8 Å². The maximum Gasteiger partial charge on any atom is 0.119 e. The highest BCUT2D eigenvalue weighted by atomic mass is 28.3. The summed E-state index contributed by atoms with van der Waals surface area (Å²) < 4.78 is 2.78. The van der Waals surface area contributed by atoms with Crippen molar-refractivity contribution in [2.24, 2.45) is 0 Å². The Labute approximate surface area is 105 Å². The van der Waals surface area contributed by atoms with Gasteiger partial charge in [-0.3, -0.25) is 0 Å². The second kappa shape index (κ2) is 6.17. The van der Waals surface area contributed by atoms with Gasteiger partial charge in [0.15, 0.2) is 0 Å². The molecule has 0 bridgehead atoms. The van der Waals surface area contributed by atoms with Gasteiger partial charge in [-0.15, -0.1) is 12.3 Å². The van der Waals surface area contributed by atoms with E-state index >= 15 is 0 Å². The molecule has 3 heteroatoms. The van der Waals surface area contributed by atoms with Gasteiger partial charge in [-0.2, -0.15) is 0 Å². The molecule has 96 valence electrons. The quantitative estimate of drug-likeness (QED) is 0.613. The molecule has 0 aromatic rings. The van der Waals surface area contributed by atoms with Gasteiger partial charge in [0.05, 0.1) is 8.07 Å². The fourth-order valence-electron chi connectivity index (χ4n) is 1.95. The predicted octanol–water partition coefficient (Wildman–Crippen LogP) is 4.36. The summed E-state index contributed by atoms with van der Waals surface area (Å²) in [5, 5.41) is 0. The molecule has 0 N–H and O–H groups in total. The molecule has 0 aromatic heterocycles. The average molecular weight is 258 g/mol. The van der Waals surface area contributed by atoms with Crippen LogP contribution >= 0.6 is 0 Å². The lowest BCUT2D eigenvalue weighted by atomic mass is 10.3. The summed E-state index contributed by atoms with van der Waals surface area (Å²) in [5.41, 5.74) is 2.23. The highest BCUT2D eigenvalue weighted by Crippen LogP contribution is 2.19. The Morgan fingerprint density at radius 3 is 2.00 bits per heavy atom. The van der Waals surface area contributed by atoms with Gasteiger partial charge in [-0.05, 0) is 25.1 Å². The molecule has 16 heavy (non-hydrogen) atoms. The Morgan fingerprint density at radius 1 is 1.19 bits per heavy atom. The van der Waals surface area contributed by atoms with E-state index in [9.17, 15) is 0 Å². The van der Waals surface area contributed by atoms with E-state index < -0.39 is 16.3 Å². The van der Waals surface area contributed by atoms with E-state index in [1.807, 2.05) is 0 Å². The number of rotatable bonds is 7. The third kappa shape index (κ3) is 5.46. The minimum Gasteiger partial charge on any atom is -0.322 e. The van der Waals surface area contributed by atoms with Crippen molar-refractivity contribution in [1.29, 1.82) is 0 Å². The maximum absolute atomic E-state index is 3.99. The molecular weight excluding hydrogens is 226 g/mol. The molecule has 0 saturated heterocycles. The average Bonchev–Trinajstić information content (AvgIpc) is 2.15. The van der Waals surface area contributed by atoms with Crippen molar-refractivity contribution >= 4 is 16.3 Å². The predicted molar refractivity (Wildman–Crippen MR) is 82.3 cm³/mol. The van der Waals surface area contributed by atoms with Crippen molar-refractivity contribution in [3.05, 3.63) is 12.3 Å². The van der Waals surface area contributed by atoms with Gasteiger partial charge in [0.1, 0.15) is 8.24 Å². The van der Waals surface area contributed by atoms with Crippen molar-refractivity contribution in [2.75, 3.05) is 6.54 Å². The van der Waals surface area contributed by atoms with Crippen LogP contribution in [0.1, 0.15) is 20.3 Å². The Kier molecular flexibility index (Phi) is 6.22. The first kappa shape index (κ1) is 16.1. The number of hydrogen-bond donors (Lipinski definition) is 0. The van der Waals surface area contributed by atoms with E-state index in [1.165, 1.54) is 19.0 Å². The molecule has 0 fully saturated rings. The maximum atomic E-state index is 3.99. The molecule has 1 nitrogen and oxygen atoms in total. The molecule has 0 amide bonds. The lowest BCUT2D eigenvalue weighted by Crippen LogP contribution is -2.52. The Morgan fingerprint density at radius 2 is 1.69 bits per heavy atom. The van der Waals surface area contributed by atoms with Gasteiger partial charge in [0, 0.05) is 0 Å². The van der Waals surface area contributed by atoms with Crippen molar-refractivity contribution in [1.82, 2.24) is 4.57 Å². The fourth-order valence-corrected chi connectivity index (χ4v) is 5.48. The summed E-state index contributed by atoms with van der Waals surface area (Å²) in [6, 6.07) is 2.09. The van der Waals surface area contributed by atoms with Crippen LogP contribution in [-0.4, -0.2) is 33.5 Å². The number of nitrogens with zero attached hydrogens (tertiary/aromatic N) is 1. The number of hydrogen-bond acceptors (Lipinski definition) is 1. The van der Waals surface area contributed by atoms with E-state index in [4.69, 9.17) is 0 Å². The Hall–Kier alpha value is 0.134. The van der Waals surface area contributed by atoms with E-state index in [1.54, 1.807) is 0 Å². The lowest BCUT2D eigenvalue weighted by Gasteiger charge is -2.40. The van der Waals surface area contributed by atoms with Crippen molar-refractivity contribution < 1.29 is 0 Å². The van der Waals surface area contributed by atoms with Crippen LogP contribution < -0.4 is 0 Å². The molecule has 0 saturated carbocycles. The molecule has 1 unspecified atom stereocenters. The SMILES string of the molecule is C=C[Si](C)(C)CCN(C(C)CC)[Si](C)(C)C. The van der Waals surface area contributed by atoms with Crippen LogP contribution in [0.5, 0.6) is 0 Å². The standard InChI is InChI=1S/C13H31NSi2/c1-9-13(3)14(15(4,5)6)11-12-16(7,8)10-2/h10,13H,2,9,11-12H2,1,3-8H3. The zero-order valence-corrected chi connectivity index (χ0v) is 14.4. The third-order valence-electron chi connectivity index (χ3n) is 3.53. The summed E-state index contributed by atoms with van der Waals surface area (Å²) in [5.74, 6) is 0. The summed E-state index contributed by atoms with van der Waals surface area (Å²) in [6.07, 6.45) is 1.26. The first-order valence-electron chi connectivity index (χ1n) is 6.54. The van der Waals surface area contributed by atoms with Crippen molar-refractivity contribution in [3.8, 4) is 0 Å². The monoisotopic (exact) mass is 257 g/mol. The van der Waals surface area contributed by atoms with Gasteiger partial charge in [0.25, 0.3) is 0 Å². The highest BCUT2D eigenvalue weighted by molar-refractivity contribution is 6.82. The fraction of sp³-hybridized carbons (Fsp3) is 0.846. The van der Waals surface area contributed by atoms with E-state index in [-0.39, 0.29) is 0 Å². The summed E-state index contributed by atoms with van der Waals surface area (Å²) in [7, 11) is -2.29. The molecule has 0 spiro atoms. The van der Waals surface area contributed by atoms with Gasteiger partial charge < -0.3 is 4.57 Å². The van der Waals surface area contributed by atoms with Crippen LogP contribution in [-0.2, 0) is 0 Å². The smallest absolute Gasteiger partial charge is 0.119 e. The Bertz CT molecular complexity index is 218. The Balaban J connectivity index is 4.52. The van der Waals surface area contributed by atoms with E-state index in [2.05, 4.69) is 63.4 Å². The second-order valence-corrected chi connectivity index (χ2v) is 16.4. The van der Waals surface area contributed by atoms with Crippen LogP contribution in [0.4, 0.5) is 0 Å². The topological polar surface area (TPSA) is 3.24 Å². The molecule has 0 radical (unpaired) electrons. The van der Waals surface area contributed by atoms with Crippen molar-refractivity contribution in [2.45, 2.75) is 65.1 Å². The molecule has 1 atom stereocenters. The normalized spacial score (nSPS) is 15.2. The van der Waals surface area contributed by atoms with Gasteiger partial charge in [0.2, 0.25) is 0 Å². The molecule has 0 rings (SSSR count). The van der Waals surface area contributed by atoms with Gasteiger partial charge in [-0.1, -0.05) is 46.6 Å². The van der Waals surface area contributed by atoms with Gasteiger partial charge >= 0.3 is 0 Å². The zero-order valence-electron chi connectivity index (χ0n) is 12.4. The third-order valence-corrected chi connectivity index (χ3v) is 8.54.